The van der Waals surface area contributed by atoms with Gasteiger partial charge in [0.1, 0.15) is 5.82 Å². The zero-order chi connectivity index (χ0) is 13.0. The first-order chi connectivity index (χ1) is 8.66. The van der Waals surface area contributed by atoms with Gasteiger partial charge in [-0.25, -0.2) is 4.39 Å². The molecule has 1 aliphatic carbocycles. The molecule has 1 aromatic rings. The first-order valence-corrected chi connectivity index (χ1v) is 6.36. The molecule has 0 radical (unpaired) electrons. The molecule has 96 valence electrons. The lowest BCUT2D eigenvalue weighted by molar-refractivity contribution is 0.0945. The van der Waals surface area contributed by atoms with Crippen molar-refractivity contribution < 1.29 is 9.18 Å². The van der Waals surface area contributed by atoms with Gasteiger partial charge in [0, 0.05) is 12.1 Å². The average molecular weight is 247 g/mol. The van der Waals surface area contributed by atoms with Crippen LogP contribution in [0.25, 0.3) is 0 Å². The molecule has 2 nitrogen and oxygen atoms in total. The second-order valence-electron chi connectivity index (χ2n) is 4.82. The van der Waals surface area contributed by atoms with E-state index in [0.29, 0.717) is 23.6 Å². The van der Waals surface area contributed by atoms with Crippen molar-refractivity contribution in [3.63, 3.8) is 0 Å². The summed E-state index contributed by atoms with van der Waals surface area (Å²) in [5.74, 6) is 0.114. The van der Waals surface area contributed by atoms with Gasteiger partial charge in [-0.2, -0.15) is 0 Å². The molecule has 0 saturated carbocycles. The SMILES string of the molecule is Cc1cc(F)ccc1C(=O)NCC1CC=CCC1. The summed E-state index contributed by atoms with van der Waals surface area (Å²) in [6.07, 6.45) is 7.60. The van der Waals surface area contributed by atoms with Crippen LogP contribution in [0.4, 0.5) is 4.39 Å². The number of allylic oxidation sites excluding steroid dienone is 2. The Morgan fingerprint density at radius 1 is 1.44 bits per heavy atom. The lowest BCUT2D eigenvalue weighted by atomic mass is 9.94. The molecule has 1 aliphatic rings. The van der Waals surface area contributed by atoms with E-state index < -0.39 is 0 Å². The summed E-state index contributed by atoms with van der Waals surface area (Å²) in [7, 11) is 0. The Bertz CT molecular complexity index is 468. The Labute approximate surface area is 107 Å². The van der Waals surface area contributed by atoms with Gasteiger partial charge < -0.3 is 5.32 Å². The molecule has 18 heavy (non-hydrogen) atoms. The molecule has 1 aromatic carbocycles. The van der Waals surface area contributed by atoms with E-state index in [0.717, 1.165) is 19.3 Å². The lowest BCUT2D eigenvalue weighted by Gasteiger charge is -2.18. The van der Waals surface area contributed by atoms with Crippen molar-refractivity contribution in [2.24, 2.45) is 5.92 Å². The van der Waals surface area contributed by atoms with Gasteiger partial charge in [-0.3, -0.25) is 4.79 Å². The fourth-order valence-corrected chi connectivity index (χ4v) is 2.26. The number of nitrogens with one attached hydrogen (secondary N) is 1. The highest BCUT2D eigenvalue weighted by Crippen LogP contribution is 2.17. The van der Waals surface area contributed by atoms with Crippen LogP contribution in [0.15, 0.2) is 30.4 Å². The highest BCUT2D eigenvalue weighted by molar-refractivity contribution is 5.95. The Morgan fingerprint density at radius 2 is 2.28 bits per heavy atom. The molecule has 0 aliphatic heterocycles. The van der Waals surface area contributed by atoms with E-state index >= 15 is 0 Å². The smallest absolute Gasteiger partial charge is 0.251 e. The van der Waals surface area contributed by atoms with E-state index in [-0.39, 0.29) is 11.7 Å². The third-order valence-corrected chi connectivity index (χ3v) is 3.36. The third kappa shape index (κ3) is 3.19. The second-order valence-corrected chi connectivity index (χ2v) is 4.82. The predicted molar refractivity (Wildman–Crippen MR) is 70.0 cm³/mol. The molecule has 3 heteroatoms. The van der Waals surface area contributed by atoms with Gasteiger partial charge in [0.2, 0.25) is 0 Å². The van der Waals surface area contributed by atoms with Gasteiger partial charge in [0.15, 0.2) is 0 Å². The summed E-state index contributed by atoms with van der Waals surface area (Å²) in [4.78, 5) is 12.0. The molecule has 1 atom stereocenters. The van der Waals surface area contributed by atoms with E-state index in [2.05, 4.69) is 17.5 Å². The Hall–Kier alpha value is -1.64. The summed E-state index contributed by atoms with van der Waals surface area (Å²) in [6.45, 7) is 2.45. The summed E-state index contributed by atoms with van der Waals surface area (Å²) in [5, 5.41) is 2.93. The summed E-state index contributed by atoms with van der Waals surface area (Å²) >= 11 is 0. The Morgan fingerprint density at radius 3 is 2.94 bits per heavy atom. The minimum Gasteiger partial charge on any atom is -0.352 e. The monoisotopic (exact) mass is 247 g/mol. The van der Waals surface area contributed by atoms with Crippen LogP contribution in [-0.4, -0.2) is 12.5 Å². The number of hydrogen-bond donors (Lipinski definition) is 1. The molecule has 1 N–H and O–H groups in total. The number of amides is 1. The molecule has 1 unspecified atom stereocenters. The van der Waals surface area contributed by atoms with Gasteiger partial charge in [-0.1, -0.05) is 12.2 Å². The maximum absolute atomic E-state index is 12.9. The van der Waals surface area contributed by atoms with Gasteiger partial charge in [0.25, 0.3) is 5.91 Å². The molecule has 0 fully saturated rings. The summed E-state index contributed by atoms with van der Waals surface area (Å²) < 4.78 is 12.9. The zero-order valence-electron chi connectivity index (χ0n) is 10.6. The highest BCUT2D eigenvalue weighted by Gasteiger charge is 2.13. The standard InChI is InChI=1S/C15H18FNO/c1-11-9-13(16)7-8-14(11)15(18)17-10-12-5-3-2-4-6-12/h2-3,7-9,12H,4-6,10H2,1H3,(H,17,18). The van der Waals surface area contributed by atoms with Crippen LogP contribution < -0.4 is 5.32 Å². The Balaban J connectivity index is 1.93. The van der Waals surface area contributed by atoms with Crippen molar-refractivity contribution in [2.75, 3.05) is 6.54 Å². The molecule has 0 aromatic heterocycles. The fraction of sp³-hybridized carbons (Fsp3) is 0.400. The number of halogens is 1. The van der Waals surface area contributed by atoms with Gasteiger partial charge in [-0.05, 0) is 55.9 Å². The van der Waals surface area contributed by atoms with E-state index in [1.54, 1.807) is 13.0 Å². The van der Waals surface area contributed by atoms with Crippen LogP contribution in [0, 0.1) is 18.7 Å². The number of aryl methyl sites for hydroxylation is 1. The largest absolute Gasteiger partial charge is 0.352 e. The molecule has 0 heterocycles. The van der Waals surface area contributed by atoms with Crippen LogP contribution in [0.2, 0.25) is 0 Å². The minimum atomic E-state index is -0.304. The summed E-state index contributed by atoms with van der Waals surface area (Å²) in [5.41, 5.74) is 1.23. The van der Waals surface area contributed by atoms with E-state index in [9.17, 15) is 9.18 Å². The minimum absolute atomic E-state index is 0.109. The van der Waals surface area contributed by atoms with Crippen LogP contribution in [0.1, 0.15) is 35.2 Å². The maximum Gasteiger partial charge on any atom is 0.251 e. The molecule has 1 amide bonds. The van der Waals surface area contributed by atoms with Gasteiger partial charge in [-0.15, -0.1) is 0 Å². The molecule has 0 bridgehead atoms. The molecular weight excluding hydrogens is 229 g/mol. The average Bonchev–Trinajstić information content (AvgIpc) is 2.37. The van der Waals surface area contributed by atoms with Crippen molar-refractivity contribution >= 4 is 5.91 Å². The molecule has 2 rings (SSSR count). The maximum atomic E-state index is 12.9. The Kier molecular flexibility index (Phi) is 4.13. The van der Waals surface area contributed by atoms with Crippen molar-refractivity contribution in [1.82, 2.24) is 5.32 Å². The van der Waals surface area contributed by atoms with E-state index in [4.69, 9.17) is 0 Å². The fourth-order valence-electron chi connectivity index (χ4n) is 2.26. The topological polar surface area (TPSA) is 29.1 Å². The first-order valence-electron chi connectivity index (χ1n) is 6.36. The lowest BCUT2D eigenvalue weighted by Crippen LogP contribution is -2.30. The number of benzene rings is 1. The predicted octanol–water partition coefficient (Wildman–Crippen LogP) is 3.22. The highest BCUT2D eigenvalue weighted by atomic mass is 19.1. The van der Waals surface area contributed by atoms with Crippen molar-refractivity contribution in [2.45, 2.75) is 26.2 Å². The quantitative estimate of drug-likeness (QED) is 0.816. The molecular formula is C15H18FNO. The molecule has 0 spiro atoms. The van der Waals surface area contributed by atoms with Crippen LogP contribution >= 0.6 is 0 Å². The third-order valence-electron chi connectivity index (χ3n) is 3.36. The van der Waals surface area contributed by atoms with Crippen molar-refractivity contribution in [3.8, 4) is 0 Å². The summed E-state index contributed by atoms with van der Waals surface area (Å²) in [6, 6.07) is 4.25. The van der Waals surface area contributed by atoms with Crippen LogP contribution in [0.5, 0.6) is 0 Å². The van der Waals surface area contributed by atoms with Gasteiger partial charge >= 0.3 is 0 Å². The molecule has 0 saturated heterocycles. The van der Waals surface area contributed by atoms with Crippen molar-refractivity contribution in [1.29, 1.82) is 0 Å². The van der Waals surface area contributed by atoms with Gasteiger partial charge in [0.05, 0.1) is 0 Å². The second kappa shape index (κ2) is 5.80. The van der Waals surface area contributed by atoms with E-state index in [1.807, 2.05) is 0 Å². The van der Waals surface area contributed by atoms with E-state index in [1.165, 1.54) is 12.1 Å². The number of hydrogen-bond acceptors (Lipinski definition) is 1. The van der Waals surface area contributed by atoms with Crippen LogP contribution in [-0.2, 0) is 0 Å². The zero-order valence-corrected chi connectivity index (χ0v) is 10.6. The normalized spacial score (nSPS) is 18.7. The van der Waals surface area contributed by atoms with Crippen molar-refractivity contribution in [3.05, 3.63) is 47.3 Å². The number of carbonyl (C=O) groups excluding carboxylic acids is 1. The first kappa shape index (κ1) is 12.8. The number of carbonyl (C=O) groups is 1. The number of rotatable bonds is 3. The van der Waals surface area contributed by atoms with Crippen LogP contribution in [0.3, 0.4) is 0 Å².